The molecule has 1 saturated carbocycles. The molecule has 266 valence electrons. The molecule has 5 rings (SSSR count). The predicted molar refractivity (Wildman–Crippen MR) is 180 cm³/mol. The number of alkyl carbamates (subject to hydrolysis) is 1. The van der Waals surface area contributed by atoms with E-state index in [4.69, 9.17) is 9.47 Å². The number of ether oxygens (including phenoxy) is 2. The third-order valence-corrected chi connectivity index (χ3v) is 12.8. The standard InChI is InChI=1S/C35H53N4O8P/c1-8-24-17-35(24,48(7,44)45)37-29(40)27-16-25-19-39(27)30(41)28(33(2,3)4)36-31(42)46-21-34(5,6)15-10-9-12-22-13-11-14-23-18-38(20-26(22)23)32(43)47-25/h11,13-14,24-25,27-28H,8-10,12,15-21H2,1-7H3,(H,36,42)(H,37,40)(H,44,45)/t24-,25+,27-,28+,35-/m0/s1. The summed E-state index contributed by atoms with van der Waals surface area (Å²) in [6.07, 6.45) is 2.50. The fourth-order valence-corrected chi connectivity index (χ4v) is 9.27. The highest BCUT2D eigenvalue weighted by molar-refractivity contribution is 7.59. The Hall–Kier alpha value is -3.11. The van der Waals surface area contributed by atoms with E-state index in [1.165, 1.54) is 17.1 Å². The van der Waals surface area contributed by atoms with Crippen molar-refractivity contribution in [2.24, 2.45) is 16.7 Å². The minimum absolute atomic E-state index is 0.0111. The highest BCUT2D eigenvalue weighted by Crippen LogP contribution is 2.68. The van der Waals surface area contributed by atoms with Gasteiger partial charge >= 0.3 is 12.2 Å². The summed E-state index contributed by atoms with van der Waals surface area (Å²) in [4.78, 5) is 68.7. The number of benzene rings is 1. The molecule has 13 heteroatoms. The smallest absolute Gasteiger partial charge is 0.410 e. The Bertz CT molecular complexity index is 1480. The lowest BCUT2D eigenvalue weighted by Gasteiger charge is -2.36. The molecule has 6 atom stereocenters. The number of cyclic esters (lactones) is 1. The first kappa shape index (κ1) is 36.2. The highest BCUT2D eigenvalue weighted by atomic mass is 31.2. The number of aryl methyl sites for hydroxylation is 1. The van der Waals surface area contributed by atoms with Crippen molar-refractivity contribution in [3.05, 3.63) is 34.9 Å². The van der Waals surface area contributed by atoms with Gasteiger partial charge in [-0.05, 0) is 59.1 Å². The van der Waals surface area contributed by atoms with Gasteiger partial charge in [0.25, 0.3) is 0 Å². The van der Waals surface area contributed by atoms with E-state index in [1.54, 1.807) is 4.90 Å². The molecule has 1 unspecified atom stereocenters. The van der Waals surface area contributed by atoms with Crippen LogP contribution >= 0.6 is 7.37 Å². The molecule has 2 fully saturated rings. The summed E-state index contributed by atoms with van der Waals surface area (Å²) in [6, 6.07) is 3.99. The van der Waals surface area contributed by atoms with Crippen molar-refractivity contribution in [2.45, 2.75) is 123 Å². The zero-order valence-corrected chi connectivity index (χ0v) is 30.4. The fourth-order valence-electron chi connectivity index (χ4n) is 7.53. The topological polar surface area (TPSA) is 155 Å². The third kappa shape index (κ3) is 7.54. The van der Waals surface area contributed by atoms with E-state index >= 15 is 0 Å². The van der Waals surface area contributed by atoms with Crippen LogP contribution in [-0.4, -0.2) is 82.0 Å². The number of hydrogen-bond acceptors (Lipinski definition) is 7. The number of hydrogen-bond donors (Lipinski definition) is 3. The molecule has 3 heterocycles. The van der Waals surface area contributed by atoms with E-state index in [9.17, 15) is 28.6 Å². The molecule has 0 spiro atoms. The number of amides is 4. The Morgan fingerprint density at radius 1 is 1.15 bits per heavy atom. The SMILES string of the molecule is CC[C@H]1C[C@]1(NC(=O)[C@@H]1C[C@@H]2CN1C(=O)[C@H](C(C)(C)C)NC(=O)OCC(C)(C)CCCCc1cccc3c1CN(C3)C(=O)O2)P(C)(=O)O. The first-order chi connectivity index (χ1) is 22.3. The summed E-state index contributed by atoms with van der Waals surface area (Å²) >= 11 is 0. The van der Waals surface area contributed by atoms with Gasteiger partial charge in [0.1, 0.15) is 23.5 Å². The maximum atomic E-state index is 14.3. The number of carbonyl (C=O) groups is 4. The molecule has 3 aliphatic heterocycles. The normalized spacial score (nSPS) is 30.9. The Balaban J connectivity index is 1.45. The lowest BCUT2D eigenvalue weighted by Crippen LogP contribution is -2.58. The molecule has 1 aromatic carbocycles. The monoisotopic (exact) mass is 688 g/mol. The minimum Gasteiger partial charge on any atom is -0.449 e. The van der Waals surface area contributed by atoms with Crippen LogP contribution in [0, 0.1) is 16.7 Å². The zero-order valence-electron chi connectivity index (χ0n) is 29.5. The number of carbonyl (C=O) groups excluding carboxylic acids is 4. The maximum Gasteiger partial charge on any atom is 0.410 e. The van der Waals surface area contributed by atoms with Crippen LogP contribution in [0.25, 0.3) is 0 Å². The highest BCUT2D eigenvalue weighted by Gasteiger charge is 2.64. The summed E-state index contributed by atoms with van der Waals surface area (Å²) in [5.41, 5.74) is 2.35. The predicted octanol–water partition coefficient (Wildman–Crippen LogP) is 5.14. The summed E-state index contributed by atoms with van der Waals surface area (Å²) < 4.78 is 24.6. The average molecular weight is 689 g/mol. The number of nitrogens with zero attached hydrogens (tertiary/aromatic N) is 2. The molecule has 12 nitrogen and oxygen atoms in total. The summed E-state index contributed by atoms with van der Waals surface area (Å²) in [5, 5.41) is 4.35. The van der Waals surface area contributed by atoms with Crippen LogP contribution in [0.3, 0.4) is 0 Å². The van der Waals surface area contributed by atoms with Crippen molar-refractivity contribution < 1.29 is 38.1 Å². The van der Waals surface area contributed by atoms with Crippen LogP contribution in [0.15, 0.2) is 18.2 Å². The van der Waals surface area contributed by atoms with Crippen molar-refractivity contribution in [1.29, 1.82) is 0 Å². The average Bonchev–Trinajstić information content (AvgIpc) is 3.31. The van der Waals surface area contributed by atoms with E-state index in [0.717, 1.165) is 36.8 Å². The largest absolute Gasteiger partial charge is 0.449 e. The van der Waals surface area contributed by atoms with Crippen LogP contribution in [0.1, 0.15) is 96.8 Å². The van der Waals surface area contributed by atoms with Crippen molar-refractivity contribution in [3.8, 4) is 0 Å². The molecule has 1 saturated heterocycles. The number of rotatable bonds is 4. The van der Waals surface area contributed by atoms with E-state index < -0.39 is 60.3 Å². The molecule has 4 bridgehead atoms. The Kier molecular flexibility index (Phi) is 10.0. The van der Waals surface area contributed by atoms with Crippen LogP contribution in [-0.2, 0) is 43.1 Å². The lowest BCUT2D eigenvalue weighted by atomic mass is 9.85. The van der Waals surface area contributed by atoms with Crippen LogP contribution < -0.4 is 10.6 Å². The van der Waals surface area contributed by atoms with Crippen molar-refractivity contribution in [2.75, 3.05) is 19.8 Å². The molecule has 1 aliphatic carbocycles. The van der Waals surface area contributed by atoms with Gasteiger partial charge in [0.05, 0.1) is 13.2 Å². The Morgan fingerprint density at radius 3 is 2.50 bits per heavy atom. The molecule has 0 radical (unpaired) electrons. The molecule has 4 aliphatic rings. The van der Waals surface area contributed by atoms with Gasteiger partial charge in [0.15, 0.2) is 0 Å². The third-order valence-electron chi connectivity index (χ3n) is 10.6. The minimum atomic E-state index is -3.74. The van der Waals surface area contributed by atoms with Gasteiger partial charge in [-0.25, -0.2) is 9.59 Å². The second-order valence-corrected chi connectivity index (χ2v) is 18.7. The molecular weight excluding hydrogens is 635 g/mol. The van der Waals surface area contributed by atoms with Crippen molar-refractivity contribution >= 4 is 31.4 Å². The summed E-state index contributed by atoms with van der Waals surface area (Å²) in [7, 11) is -3.74. The van der Waals surface area contributed by atoms with Crippen molar-refractivity contribution in [1.82, 2.24) is 20.4 Å². The van der Waals surface area contributed by atoms with Crippen molar-refractivity contribution in [3.63, 3.8) is 0 Å². The number of nitrogens with one attached hydrogen (secondary N) is 2. The molecule has 0 aromatic heterocycles. The molecule has 3 N–H and O–H groups in total. The van der Waals surface area contributed by atoms with Crippen LogP contribution in [0.2, 0.25) is 0 Å². The van der Waals surface area contributed by atoms with Gasteiger partial charge in [0.2, 0.25) is 19.2 Å². The van der Waals surface area contributed by atoms with E-state index in [-0.39, 0.29) is 30.9 Å². The van der Waals surface area contributed by atoms with Gasteiger partial charge < -0.3 is 29.9 Å². The van der Waals surface area contributed by atoms with Gasteiger partial charge in [-0.15, -0.1) is 0 Å². The van der Waals surface area contributed by atoms with E-state index in [2.05, 4.69) is 16.7 Å². The zero-order chi connectivity index (χ0) is 35.2. The van der Waals surface area contributed by atoms with Gasteiger partial charge in [-0.2, -0.15) is 0 Å². The van der Waals surface area contributed by atoms with E-state index in [0.29, 0.717) is 25.9 Å². The van der Waals surface area contributed by atoms with Gasteiger partial charge in [0, 0.05) is 26.2 Å². The Labute approximate surface area is 284 Å². The van der Waals surface area contributed by atoms with Gasteiger partial charge in [-0.3, -0.25) is 19.1 Å². The quantitative estimate of drug-likeness (QED) is 0.368. The van der Waals surface area contributed by atoms with Gasteiger partial charge in [-0.1, -0.05) is 72.6 Å². The summed E-state index contributed by atoms with van der Waals surface area (Å²) in [5.74, 6) is -1.27. The molecule has 1 aromatic rings. The summed E-state index contributed by atoms with van der Waals surface area (Å²) in [6.45, 7) is 13.6. The van der Waals surface area contributed by atoms with E-state index in [1.807, 2.05) is 53.7 Å². The number of fused-ring (bicyclic) bond motifs is 3. The maximum absolute atomic E-state index is 14.3. The molecular formula is C35H53N4O8P. The second-order valence-electron chi connectivity index (χ2n) is 16.2. The lowest BCUT2D eigenvalue weighted by molar-refractivity contribution is -0.142. The molecule has 4 amide bonds. The fraction of sp³-hybridized carbons (Fsp3) is 0.714. The van der Waals surface area contributed by atoms with Crippen LogP contribution in [0.5, 0.6) is 0 Å². The second kappa shape index (κ2) is 13.3. The first-order valence-electron chi connectivity index (χ1n) is 17.3. The first-order valence-corrected chi connectivity index (χ1v) is 19.4. The Morgan fingerprint density at radius 2 is 1.85 bits per heavy atom. The molecule has 48 heavy (non-hydrogen) atoms. The van der Waals surface area contributed by atoms with Crippen LogP contribution in [0.4, 0.5) is 9.59 Å².